The van der Waals surface area contributed by atoms with Gasteiger partial charge in [-0.2, -0.15) is 0 Å². The zero-order chi connectivity index (χ0) is 25.9. The van der Waals surface area contributed by atoms with Crippen LogP contribution in [0.1, 0.15) is 54.7 Å². The summed E-state index contributed by atoms with van der Waals surface area (Å²) >= 11 is 0. The van der Waals surface area contributed by atoms with Gasteiger partial charge in [-0.05, 0) is 65.8 Å². The fourth-order valence-electron chi connectivity index (χ4n) is 6.63. The molecule has 6 rings (SSSR count). The molecule has 0 radical (unpaired) electrons. The lowest BCUT2D eigenvalue weighted by atomic mass is 9.78. The van der Waals surface area contributed by atoms with Crippen LogP contribution in [0, 0.1) is 5.92 Å². The van der Waals surface area contributed by atoms with Crippen LogP contribution >= 0.6 is 0 Å². The predicted molar refractivity (Wildman–Crippen MR) is 146 cm³/mol. The van der Waals surface area contributed by atoms with Crippen LogP contribution in [0.4, 0.5) is 9.59 Å². The summed E-state index contributed by atoms with van der Waals surface area (Å²) in [5.74, 6) is 0.391. The number of hydrogen-bond acceptors (Lipinski definition) is 4. The third-order valence-electron chi connectivity index (χ3n) is 8.37. The van der Waals surface area contributed by atoms with Gasteiger partial charge in [-0.3, -0.25) is 0 Å². The maximum absolute atomic E-state index is 13.4. The van der Waals surface area contributed by atoms with Gasteiger partial charge < -0.3 is 19.7 Å². The van der Waals surface area contributed by atoms with Crippen LogP contribution < -0.4 is 5.32 Å². The van der Waals surface area contributed by atoms with Crippen LogP contribution in [0.2, 0.25) is 0 Å². The van der Waals surface area contributed by atoms with Gasteiger partial charge in [0.2, 0.25) is 0 Å². The van der Waals surface area contributed by atoms with E-state index >= 15 is 0 Å². The molecule has 2 aliphatic heterocycles. The second-order valence-corrected chi connectivity index (χ2v) is 10.7. The van der Waals surface area contributed by atoms with Gasteiger partial charge in [0.15, 0.2) is 0 Å². The average Bonchev–Trinajstić information content (AvgIpc) is 3.27. The van der Waals surface area contributed by atoms with Crippen molar-refractivity contribution < 1.29 is 19.1 Å². The summed E-state index contributed by atoms with van der Waals surface area (Å²) in [4.78, 5) is 27.6. The number of nitrogens with one attached hydrogen (secondary N) is 1. The Bertz CT molecular complexity index is 1230. The molecule has 2 saturated heterocycles. The monoisotopic (exact) mass is 510 g/mol. The van der Waals surface area contributed by atoms with Crippen molar-refractivity contribution in [1.29, 1.82) is 0 Å². The molecule has 0 aromatic heterocycles. The summed E-state index contributed by atoms with van der Waals surface area (Å²) in [7, 11) is 0. The number of alkyl carbamates (subject to hydrolysis) is 1. The Morgan fingerprint density at radius 3 is 2.05 bits per heavy atom. The molecular formula is C32H34N2O4. The standard InChI is InChI=1S/C32H34N2O4/c35-31(37-20-22-9-2-1-3-10-22)33-19-23-17-24-11-8-12-25(18-23)34(24)32(36)38-21-30-28-15-6-4-13-26(28)27-14-5-7-16-29(27)30/h1-7,9-10,13-16,23-25,30H,8,11-12,17-21H2,(H,33,35). The Labute approximate surface area is 223 Å². The van der Waals surface area contributed by atoms with Crippen LogP contribution in [0.3, 0.4) is 0 Å². The van der Waals surface area contributed by atoms with Crippen LogP contribution in [-0.2, 0) is 16.1 Å². The molecule has 0 saturated carbocycles. The topological polar surface area (TPSA) is 67.9 Å². The maximum atomic E-state index is 13.4. The molecule has 0 spiro atoms. The molecule has 1 N–H and O–H groups in total. The number of nitrogens with zero attached hydrogens (tertiary/aromatic N) is 1. The molecule has 2 amide bonds. The van der Waals surface area contributed by atoms with E-state index in [1.54, 1.807) is 0 Å². The van der Waals surface area contributed by atoms with E-state index < -0.39 is 6.09 Å². The molecule has 1 aliphatic carbocycles. The van der Waals surface area contributed by atoms with Crippen LogP contribution in [0.15, 0.2) is 78.9 Å². The van der Waals surface area contributed by atoms with Gasteiger partial charge in [0.1, 0.15) is 13.2 Å². The number of piperidine rings is 2. The summed E-state index contributed by atoms with van der Waals surface area (Å²) in [6.07, 6.45) is 4.25. The molecule has 6 nitrogen and oxygen atoms in total. The first kappa shape index (κ1) is 24.5. The number of hydrogen-bond donors (Lipinski definition) is 1. The molecule has 2 unspecified atom stereocenters. The van der Waals surface area contributed by atoms with E-state index in [-0.39, 0.29) is 30.7 Å². The number of carbonyl (C=O) groups is 2. The van der Waals surface area contributed by atoms with Gasteiger partial charge in [-0.15, -0.1) is 0 Å². The predicted octanol–water partition coefficient (Wildman–Crippen LogP) is 6.50. The minimum Gasteiger partial charge on any atom is -0.448 e. The van der Waals surface area contributed by atoms with Crippen molar-refractivity contribution in [3.05, 3.63) is 95.6 Å². The van der Waals surface area contributed by atoms with E-state index in [0.717, 1.165) is 37.7 Å². The van der Waals surface area contributed by atoms with Crippen molar-refractivity contribution >= 4 is 12.2 Å². The second-order valence-electron chi connectivity index (χ2n) is 10.7. The van der Waals surface area contributed by atoms with Gasteiger partial charge in [-0.25, -0.2) is 9.59 Å². The summed E-state index contributed by atoms with van der Waals surface area (Å²) in [6.45, 7) is 1.18. The quantitative estimate of drug-likeness (QED) is 0.411. The summed E-state index contributed by atoms with van der Waals surface area (Å²) in [6, 6.07) is 26.8. The molecule has 3 aromatic carbocycles. The van der Waals surface area contributed by atoms with Crippen LogP contribution in [0.5, 0.6) is 0 Å². The van der Waals surface area contributed by atoms with Gasteiger partial charge in [0.05, 0.1) is 0 Å². The summed E-state index contributed by atoms with van der Waals surface area (Å²) < 4.78 is 11.4. The number of carbonyl (C=O) groups excluding carboxylic acids is 2. The van der Waals surface area contributed by atoms with E-state index in [1.165, 1.54) is 22.3 Å². The van der Waals surface area contributed by atoms with Crippen LogP contribution in [-0.4, -0.2) is 42.3 Å². The largest absolute Gasteiger partial charge is 0.448 e. The molecule has 38 heavy (non-hydrogen) atoms. The number of amides is 2. The molecule has 2 heterocycles. The van der Waals surface area contributed by atoms with E-state index in [2.05, 4.69) is 53.8 Å². The fraction of sp³-hybridized carbons (Fsp3) is 0.375. The first-order valence-electron chi connectivity index (χ1n) is 13.7. The average molecular weight is 511 g/mol. The summed E-state index contributed by atoms with van der Waals surface area (Å²) in [5.41, 5.74) is 5.89. The highest BCUT2D eigenvalue weighted by Crippen LogP contribution is 2.45. The highest BCUT2D eigenvalue weighted by Gasteiger charge is 2.42. The molecule has 196 valence electrons. The maximum Gasteiger partial charge on any atom is 0.410 e. The smallest absolute Gasteiger partial charge is 0.410 e. The van der Waals surface area contributed by atoms with Crippen molar-refractivity contribution in [1.82, 2.24) is 10.2 Å². The van der Waals surface area contributed by atoms with Crippen LogP contribution in [0.25, 0.3) is 11.1 Å². The third-order valence-corrected chi connectivity index (χ3v) is 8.37. The Morgan fingerprint density at radius 2 is 1.39 bits per heavy atom. The third kappa shape index (κ3) is 5.00. The van der Waals surface area contributed by atoms with Gasteiger partial charge in [-0.1, -0.05) is 78.9 Å². The summed E-state index contributed by atoms with van der Waals surface area (Å²) in [5, 5.41) is 2.94. The Hall–Kier alpha value is -3.80. The molecule has 6 heteroatoms. The molecule has 2 fully saturated rings. The van der Waals surface area contributed by atoms with Gasteiger partial charge in [0.25, 0.3) is 0 Å². The molecule has 2 bridgehead atoms. The number of fused-ring (bicyclic) bond motifs is 5. The molecule has 3 aliphatic rings. The minimum atomic E-state index is -0.391. The minimum absolute atomic E-state index is 0.0647. The normalized spacial score (nSPS) is 21.8. The van der Waals surface area contributed by atoms with Crippen molar-refractivity contribution in [2.45, 2.75) is 56.7 Å². The number of rotatable bonds is 6. The lowest BCUT2D eigenvalue weighted by Crippen LogP contribution is -2.56. The Morgan fingerprint density at radius 1 is 0.789 bits per heavy atom. The van der Waals surface area contributed by atoms with Gasteiger partial charge in [0, 0.05) is 24.5 Å². The lowest BCUT2D eigenvalue weighted by molar-refractivity contribution is 0.00504. The highest BCUT2D eigenvalue weighted by molar-refractivity contribution is 5.79. The first-order chi connectivity index (χ1) is 18.7. The van der Waals surface area contributed by atoms with E-state index in [9.17, 15) is 9.59 Å². The van der Waals surface area contributed by atoms with Crippen molar-refractivity contribution in [2.75, 3.05) is 13.2 Å². The number of benzene rings is 3. The molecule has 3 aromatic rings. The number of ether oxygens (including phenoxy) is 2. The van der Waals surface area contributed by atoms with Crippen molar-refractivity contribution in [3.8, 4) is 11.1 Å². The van der Waals surface area contributed by atoms with E-state index in [4.69, 9.17) is 9.47 Å². The first-order valence-corrected chi connectivity index (χ1v) is 13.7. The van der Waals surface area contributed by atoms with E-state index in [1.807, 2.05) is 35.2 Å². The SMILES string of the molecule is O=C(NCC1CC2CCCC(C1)N2C(=O)OCC1c2ccccc2-c2ccccc21)OCc1ccccc1. The van der Waals surface area contributed by atoms with Crippen molar-refractivity contribution in [2.24, 2.45) is 5.92 Å². The van der Waals surface area contributed by atoms with Crippen molar-refractivity contribution in [3.63, 3.8) is 0 Å². The fourth-order valence-corrected chi connectivity index (χ4v) is 6.63. The molecule has 2 atom stereocenters. The zero-order valence-corrected chi connectivity index (χ0v) is 21.6. The lowest BCUT2D eigenvalue weighted by Gasteiger charge is -2.48. The van der Waals surface area contributed by atoms with E-state index in [0.29, 0.717) is 19.1 Å². The second kappa shape index (κ2) is 10.9. The highest BCUT2D eigenvalue weighted by atomic mass is 16.6. The molecular weight excluding hydrogens is 476 g/mol. The Kier molecular flexibility index (Phi) is 7.04. The van der Waals surface area contributed by atoms with Gasteiger partial charge >= 0.3 is 12.2 Å². The Balaban J connectivity index is 1.04. The zero-order valence-electron chi connectivity index (χ0n) is 21.6.